The van der Waals surface area contributed by atoms with Crippen molar-refractivity contribution in [1.82, 2.24) is 0 Å². The molecule has 0 fully saturated rings. The third kappa shape index (κ3) is 5.92. The highest BCUT2D eigenvalue weighted by Crippen LogP contribution is 2.24. The standard InChI is InChI=1S/C20H19BrO6/c1-25-18-8-6-15(21)11-16(18)17(22)7-9-19(23)27-12-13-4-3-5-14(10-13)20(24)26-2/h3-6,8,10-11H,7,9,12H2,1-2H3. The molecule has 0 aliphatic rings. The van der Waals surface area contributed by atoms with Gasteiger partial charge in [-0.05, 0) is 35.9 Å². The second-order valence-corrected chi connectivity index (χ2v) is 6.54. The number of carbonyl (C=O) groups excluding carboxylic acids is 3. The van der Waals surface area contributed by atoms with Crippen molar-refractivity contribution in [2.45, 2.75) is 19.4 Å². The van der Waals surface area contributed by atoms with Gasteiger partial charge in [-0.1, -0.05) is 28.1 Å². The normalized spacial score (nSPS) is 10.2. The van der Waals surface area contributed by atoms with E-state index in [0.29, 0.717) is 22.4 Å². The van der Waals surface area contributed by atoms with Gasteiger partial charge in [-0.3, -0.25) is 9.59 Å². The van der Waals surface area contributed by atoms with Gasteiger partial charge in [-0.2, -0.15) is 0 Å². The summed E-state index contributed by atoms with van der Waals surface area (Å²) in [5.41, 5.74) is 1.44. The largest absolute Gasteiger partial charge is 0.496 e. The highest BCUT2D eigenvalue weighted by molar-refractivity contribution is 9.10. The first kappa shape index (κ1) is 20.6. The molecule has 0 amide bonds. The van der Waals surface area contributed by atoms with E-state index in [1.54, 1.807) is 42.5 Å². The van der Waals surface area contributed by atoms with Gasteiger partial charge in [0, 0.05) is 10.9 Å². The number of rotatable bonds is 8. The van der Waals surface area contributed by atoms with Crippen LogP contribution in [-0.4, -0.2) is 31.9 Å². The first-order valence-electron chi connectivity index (χ1n) is 8.14. The quantitative estimate of drug-likeness (QED) is 0.462. The number of ether oxygens (including phenoxy) is 3. The minimum atomic E-state index is -0.499. The third-order valence-corrected chi connectivity index (χ3v) is 4.26. The van der Waals surface area contributed by atoms with Crippen LogP contribution in [0.2, 0.25) is 0 Å². The van der Waals surface area contributed by atoms with Gasteiger partial charge in [0.25, 0.3) is 0 Å². The van der Waals surface area contributed by atoms with Gasteiger partial charge < -0.3 is 14.2 Å². The molecule has 0 spiro atoms. The van der Waals surface area contributed by atoms with Crippen LogP contribution in [0.5, 0.6) is 5.75 Å². The summed E-state index contributed by atoms with van der Waals surface area (Å²) in [7, 11) is 2.78. The predicted octanol–water partition coefficient (Wildman–Crippen LogP) is 3.95. The average Bonchev–Trinajstić information content (AvgIpc) is 2.69. The van der Waals surface area contributed by atoms with Crippen LogP contribution in [0.4, 0.5) is 0 Å². The number of Topliss-reactive ketones (excluding diaryl/α,β-unsaturated/α-hetero) is 1. The minimum absolute atomic E-state index is 0.00778. The molecule has 0 aromatic heterocycles. The molecule has 7 heteroatoms. The Morgan fingerprint density at radius 2 is 1.78 bits per heavy atom. The summed E-state index contributed by atoms with van der Waals surface area (Å²) >= 11 is 3.31. The number of hydrogen-bond acceptors (Lipinski definition) is 6. The monoisotopic (exact) mass is 434 g/mol. The van der Waals surface area contributed by atoms with Crippen LogP contribution in [0.25, 0.3) is 0 Å². The Morgan fingerprint density at radius 3 is 2.48 bits per heavy atom. The van der Waals surface area contributed by atoms with Crippen molar-refractivity contribution in [2.24, 2.45) is 0 Å². The summed E-state index contributed by atoms with van der Waals surface area (Å²) in [4.78, 5) is 35.8. The van der Waals surface area contributed by atoms with Crippen molar-refractivity contribution < 1.29 is 28.6 Å². The zero-order valence-electron chi connectivity index (χ0n) is 15.0. The SMILES string of the molecule is COC(=O)c1cccc(COC(=O)CCC(=O)c2cc(Br)ccc2OC)c1. The molecule has 0 saturated heterocycles. The summed E-state index contributed by atoms with van der Waals surface area (Å²) in [6, 6.07) is 11.7. The van der Waals surface area contributed by atoms with Crippen LogP contribution in [0, 0.1) is 0 Å². The molecule has 0 heterocycles. The zero-order chi connectivity index (χ0) is 19.8. The molecular weight excluding hydrogens is 416 g/mol. The number of carbonyl (C=O) groups is 3. The van der Waals surface area contributed by atoms with Gasteiger partial charge >= 0.3 is 11.9 Å². The van der Waals surface area contributed by atoms with E-state index in [2.05, 4.69) is 20.7 Å². The lowest BCUT2D eigenvalue weighted by molar-refractivity contribution is -0.144. The Kier molecular flexibility index (Phi) is 7.55. The van der Waals surface area contributed by atoms with E-state index in [4.69, 9.17) is 9.47 Å². The first-order chi connectivity index (χ1) is 12.9. The number of halogens is 1. The topological polar surface area (TPSA) is 78.9 Å². The van der Waals surface area contributed by atoms with Gasteiger partial charge in [-0.25, -0.2) is 4.79 Å². The first-order valence-corrected chi connectivity index (χ1v) is 8.93. The van der Waals surface area contributed by atoms with Gasteiger partial charge in [0.05, 0.1) is 31.8 Å². The lowest BCUT2D eigenvalue weighted by Gasteiger charge is -2.09. The molecule has 0 N–H and O–H groups in total. The molecule has 0 aliphatic carbocycles. The average molecular weight is 435 g/mol. The van der Waals surface area contributed by atoms with E-state index in [9.17, 15) is 14.4 Å². The molecular formula is C20H19BrO6. The highest BCUT2D eigenvalue weighted by atomic mass is 79.9. The summed E-state index contributed by atoms with van der Waals surface area (Å²) in [6.07, 6.45) is -0.0426. The van der Waals surface area contributed by atoms with Crippen LogP contribution in [0.3, 0.4) is 0 Å². The van der Waals surface area contributed by atoms with E-state index >= 15 is 0 Å². The Balaban J connectivity index is 1.89. The van der Waals surface area contributed by atoms with Crippen molar-refractivity contribution in [3.05, 3.63) is 63.6 Å². The van der Waals surface area contributed by atoms with Crippen LogP contribution in [0.15, 0.2) is 46.9 Å². The van der Waals surface area contributed by atoms with E-state index in [0.717, 1.165) is 4.47 Å². The molecule has 0 saturated carbocycles. The van der Waals surface area contributed by atoms with E-state index < -0.39 is 11.9 Å². The van der Waals surface area contributed by atoms with E-state index in [-0.39, 0.29) is 25.2 Å². The molecule has 142 valence electrons. The van der Waals surface area contributed by atoms with Gasteiger partial charge in [0.2, 0.25) is 0 Å². The molecule has 2 aromatic carbocycles. The number of methoxy groups -OCH3 is 2. The maximum absolute atomic E-state index is 12.3. The highest BCUT2D eigenvalue weighted by Gasteiger charge is 2.15. The summed E-state index contributed by atoms with van der Waals surface area (Å²) < 4.78 is 15.8. The Hall–Kier alpha value is -2.67. The van der Waals surface area contributed by atoms with Crippen LogP contribution < -0.4 is 4.74 Å². The number of hydrogen-bond donors (Lipinski definition) is 0. The fourth-order valence-corrected chi connectivity index (χ4v) is 2.75. The summed E-state index contributed by atoms with van der Waals surface area (Å²) in [6.45, 7) is 0.0120. The zero-order valence-corrected chi connectivity index (χ0v) is 16.6. The van der Waals surface area contributed by atoms with Crippen LogP contribution in [0.1, 0.15) is 39.1 Å². The second kappa shape index (κ2) is 9.87. The molecule has 0 bridgehead atoms. The Bertz CT molecular complexity index is 846. The van der Waals surface area contributed by atoms with Crippen molar-refractivity contribution in [2.75, 3.05) is 14.2 Å². The Labute approximate surface area is 165 Å². The molecule has 2 aromatic rings. The minimum Gasteiger partial charge on any atom is -0.496 e. The molecule has 0 unspecified atom stereocenters. The maximum atomic E-state index is 12.3. The lowest BCUT2D eigenvalue weighted by Crippen LogP contribution is -2.09. The number of ketones is 1. The Morgan fingerprint density at radius 1 is 1.00 bits per heavy atom. The maximum Gasteiger partial charge on any atom is 0.337 e. The fourth-order valence-electron chi connectivity index (χ4n) is 2.39. The number of esters is 2. The molecule has 0 atom stereocenters. The van der Waals surface area contributed by atoms with Gasteiger partial charge in [0.1, 0.15) is 12.4 Å². The van der Waals surface area contributed by atoms with Crippen molar-refractivity contribution in [3.8, 4) is 5.75 Å². The van der Waals surface area contributed by atoms with Crippen LogP contribution in [-0.2, 0) is 20.9 Å². The lowest BCUT2D eigenvalue weighted by atomic mass is 10.1. The second-order valence-electron chi connectivity index (χ2n) is 5.62. The van der Waals surface area contributed by atoms with Gasteiger partial charge in [0.15, 0.2) is 5.78 Å². The molecule has 6 nitrogen and oxygen atoms in total. The van der Waals surface area contributed by atoms with Crippen molar-refractivity contribution >= 4 is 33.7 Å². The smallest absolute Gasteiger partial charge is 0.337 e. The van der Waals surface area contributed by atoms with E-state index in [1.807, 2.05) is 0 Å². The molecule has 27 heavy (non-hydrogen) atoms. The molecule has 0 aliphatic heterocycles. The third-order valence-electron chi connectivity index (χ3n) is 3.77. The summed E-state index contributed by atoms with van der Waals surface area (Å²) in [5, 5.41) is 0. The van der Waals surface area contributed by atoms with Crippen molar-refractivity contribution in [3.63, 3.8) is 0 Å². The van der Waals surface area contributed by atoms with Crippen molar-refractivity contribution in [1.29, 1.82) is 0 Å². The van der Waals surface area contributed by atoms with E-state index in [1.165, 1.54) is 14.2 Å². The van der Waals surface area contributed by atoms with Crippen LogP contribution >= 0.6 is 15.9 Å². The summed E-state index contributed by atoms with van der Waals surface area (Å²) in [5.74, 6) is -0.716. The fraction of sp³-hybridized carbons (Fsp3) is 0.250. The van der Waals surface area contributed by atoms with Gasteiger partial charge in [-0.15, -0.1) is 0 Å². The molecule has 0 radical (unpaired) electrons. The number of benzene rings is 2. The molecule has 2 rings (SSSR count). The predicted molar refractivity (Wildman–Crippen MR) is 102 cm³/mol.